The summed E-state index contributed by atoms with van der Waals surface area (Å²) >= 11 is 0. The summed E-state index contributed by atoms with van der Waals surface area (Å²) in [4.78, 5) is 11.6. The minimum Gasteiger partial charge on any atom is -0.494 e. The van der Waals surface area contributed by atoms with Crippen molar-refractivity contribution in [3.63, 3.8) is 0 Å². The van der Waals surface area contributed by atoms with Crippen LogP contribution in [0.15, 0.2) is 54.6 Å². The first-order chi connectivity index (χ1) is 13.6. The summed E-state index contributed by atoms with van der Waals surface area (Å²) in [5.41, 5.74) is 2.57. The van der Waals surface area contributed by atoms with Gasteiger partial charge in [0.2, 0.25) is 0 Å². The largest absolute Gasteiger partial charge is 0.494 e. The number of hydrogen-bond acceptors (Lipinski definition) is 5. The number of rotatable bonds is 8. The molecule has 1 fully saturated rings. The molecule has 0 radical (unpaired) electrons. The molecule has 0 saturated carbocycles. The normalized spacial score (nSPS) is 21.9. The Morgan fingerprint density at radius 1 is 1.04 bits per heavy atom. The molecule has 1 aliphatic heterocycles. The van der Waals surface area contributed by atoms with Gasteiger partial charge in [0.1, 0.15) is 5.75 Å². The van der Waals surface area contributed by atoms with Gasteiger partial charge in [-0.3, -0.25) is 0 Å². The molecule has 2 aromatic carbocycles. The maximum absolute atomic E-state index is 11.6. The van der Waals surface area contributed by atoms with Crippen LogP contribution in [0.4, 0.5) is 0 Å². The molecule has 5 heteroatoms. The Labute approximate surface area is 166 Å². The van der Waals surface area contributed by atoms with Gasteiger partial charge in [-0.05, 0) is 42.5 Å². The fraction of sp³-hybridized carbons (Fsp3) is 0.435. The molecule has 28 heavy (non-hydrogen) atoms. The first kappa shape index (κ1) is 20.4. The number of esters is 1. The van der Waals surface area contributed by atoms with Gasteiger partial charge in [0.05, 0.1) is 26.9 Å². The molecule has 1 heterocycles. The van der Waals surface area contributed by atoms with E-state index in [1.54, 1.807) is 6.92 Å². The van der Waals surface area contributed by atoms with Crippen molar-refractivity contribution < 1.29 is 23.7 Å². The zero-order valence-electron chi connectivity index (χ0n) is 16.6. The first-order valence-electron chi connectivity index (χ1n) is 9.71. The molecule has 0 spiro atoms. The van der Waals surface area contributed by atoms with Crippen molar-refractivity contribution in [2.45, 2.75) is 32.0 Å². The molecule has 1 aliphatic rings. The smallest absolute Gasteiger partial charge is 0.366 e. The summed E-state index contributed by atoms with van der Waals surface area (Å²) in [5, 5.41) is 0. The van der Waals surface area contributed by atoms with Crippen molar-refractivity contribution in [1.82, 2.24) is 0 Å². The van der Waals surface area contributed by atoms with E-state index in [4.69, 9.17) is 18.9 Å². The van der Waals surface area contributed by atoms with Crippen LogP contribution in [0.25, 0.3) is 0 Å². The van der Waals surface area contributed by atoms with E-state index in [0.29, 0.717) is 19.8 Å². The van der Waals surface area contributed by atoms with Crippen molar-refractivity contribution in [3.8, 4) is 5.75 Å². The molecule has 2 aromatic rings. The van der Waals surface area contributed by atoms with Crippen LogP contribution in [0.3, 0.4) is 0 Å². The molecule has 150 valence electrons. The second-order valence-corrected chi connectivity index (χ2v) is 7.22. The van der Waals surface area contributed by atoms with E-state index < -0.39 is 11.8 Å². The summed E-state index contributed by atoms with van der Waals surface area (Å²) in [5.74, 6) is -0.630. The van der Waals surface area contributed by atoms with Gasteiger partial charge < -0.3 is 18.9 Å². The average molecular weight is 384 g/mol. The molecule has 0 N–H and O–H groups in total. The lowest BCUT2D eigenvalue weighted by Gasteiger charge is -2.35. The highest BCUT2D eigenvalue weighted by molar-refractivity contribution is 5.77. The average Bonchev–Trinajstić information content (AvgIpc) is 2.74. The summed E-state index contributed by atoms with van der Waals surface area (Å²) < 4.78 is 21.7. The first-order valence-corrected chi connectivity index (χ1v) is 9.71. The van der Waals surface area contributed by atoms with Crippen LogP contribution in [-0.4, -0.2) is 38.7 Å². The van der Waals surface area contributed by atoms with Crippen LogP contribution in [0.1, 0.15) is 30.9 Å². The molecule has 0 aliphatic carbocycles. The van der Waals surface area contributed by atoms with E-state index in [1.165, 1.54) is 18.2 Å². The summed E-state index contributed by atoms with van der Waals surface area (Å²) in [6.07, 6.45) is 2.74. The summed E-state index contributed by atoms with van der Waals surface area (Å²) in [7, 11) is 1.33. The molecule has 0 aromatic heterocycles. The molecular formula is C23H28O5. The highest BCUT2D eigenvalue weighted by Crippen LogP contribution is 2.25. The molecule has 0 atom stereocenters. The van der Waals surface area contributed by atoms with Crippen LogP contribution in [0.5, 0.6) is 5.75 Å². The van der Waals surface area contributed by atoms with Crippen LogP contribution in [0.2, 0.25) is 0 Å². The zero-order valence-corrected chi connectivity index (χ0v) is 16.6. The second kappa shape index (κ2) is 9.71. The number of carbonyl (C=O) groups is 1. The number of methoxy groups -OCH3 is 1. The predicted molar refractivity (Wildman–Crippen MR) is 106 cm³/mol. The third-order valence-corrected chi connectivity index (χ3v) is 4.94. The fourth-order valence-corrected chi connectivity index (χ4v) is 3.21. The maximum atomic E-state index is 11.6. The van der Waals surface area contributed by atoms with E-state index in [9.17, 15) is 4.79 Å². The van der Waals surface area contributed by atoms with Gasteiger partial charge in [-0.25, -0.2) is 4.79 Å². The topological polar surface area (TPSA) is 54.0 Å². The second-order valence-electron chi connectivity index (χ2n) is 7.22. The third kappa shape index (κ3) is 5.57. The molecule has 1 saturated heterocycles. The number of benzene rings is 2. The highest BCUT2D eigenvalue weighted by atomic mass is 16.7. The fourth-order valence-electron chi connectivity index (χ4n) is 3.21. The van der Waals surface area contributed by atoms with Crippen LogP contribution in [-0.2, 0) is 25.4 Å². The van der Waals surface area contributed by atoms with Gasteiger partial charge in [-0.15, -0.1) is 0 Å². The lowest BCUT2D eigenvalue weighted by Crippen LogP contribution is -2.48. The quantitative estimate of drug-likeness (QED) is 0.509. The molecule has 0 bridgehead atoms. The van der Waals surface area contributed by atoms with Crippen LogP contribution < -0.4 is 4.74 Å². The van der Waals surface area contributed by atoms with E-state index in [1.807, 2.05) is 18.2 Å². The van der Waals surface area contributed by atoms with Crippen molar-refractivity contribution in [1.29, 1.82) is 0 Å². The minimum atomic E-state index is -1.27. The molecule has 3 rings (SSSR count). The summed E-state index contributed by atoms with van der Waals surface area (Å²) in [6, 6.07) is 18.7. The van der Waals surface area contributed by atoms with Gasteiger partial charge in [-0.2, -0.15) is 0 Å². The SMILES string of the molecule is COC(=O)C1(C)OCC(CCCOc2ccc(Cc3ccccc3)cc2)CO1. The van der Waals surface area contributed by atoms with Crippen molar-refractivity contribution in [3.05, 3.63) is 65.7 Å². The maximum Gasteiger partial charge on any atom is 0.366 e. The zero-order chi connectivity index (χ0) is 19.8. The molecule has 5 nitrogen and oxygen atoms in total. The minimum absolute atomic E-state index is 0.259. The summed E-state index contributed by atoms with van der Waals surface area (Å²) in [6.45, 7) is 3.21. The Bertz CT molecular complexity index is 733. The van der Waals surface area contributed by atoms with Crippen molar-refractivity contribution in [2.24, 2.45) is 5.92 Å². The Balaban J connectivity index is 1.35. The lowest BCUT2D eigenvalue weighted by molar-refractivity contribution is -0.272. The Hall–Kier alpha value is -2.37. The lowest BCUT2D eigenvalue weighted by atomic mass is 10.0. The Morgan fingerprint density at radius 3 is 2.32 bits per heavy atom. The van der Waals surface area contributed by atoms with Gasteiger partial charge >= 0.3 is 5.97 Å². The predicted octanol–water partition coefficient (Wildman–Crippen LogP) is 3.99. The number of hydrogen-bond donors (Lipinski definition) is 0. The van der Waals surface area contributed by atoms with E-state index >= 15 is 0 Å². The standard InChI is InChI=1S/C23H28O5/c1-23(22(24)25-2)27-16-20(17-28-23)9-6-14-26-21-12-10-19(11-13-21)15-18-7-4-3-5-8-18/h3-5,7-8,10-13,20H,6,9,14-17H2,1-2H3. The van der Waals surface area contributed by atoms with Gasteiger partial charge in [0.15, 0.2) is 0 Å². The van der Waals surface area contributed by atoms with Gasteiger partial charge in [0, 0.05) is 12.8 Å². The monoisotopic (exact) mass is 384 g/mol. The number of ether oxygens (including phenoxy) is 4. The molecule has 0 amide bonds. The highest BCUT2D eigenvalue weighted by Gasteiger charge is 2.41. The van der Waals surface area contributed by atoms with E-state index in [-0.39, 0.29) is 5.92 Å². The number of carbonyl (C=O) groups excluding carboxylic acids is 1. The Morgan fingerprint density at radius 2 is 1.68 bits per heavy atom. The van der Waals surface area contributed by atoms with Crippen molar-refractivity contribution in [2.75, 3.05) is 26.9 Å². The van der Waals surface area contributed by atoms with Gasteiger partial charge in [0.25, 0.3) is 5.79 Å². The third-order valence-electron chi connectivity index (χ3n) is 4.94. The van der Waals surface area contributed by atoms with E-state index in [0.717, 1.165) is 25.0 Å². The van der Waals surface area contributed by atoms with Crippen molar-refractivity contribution >= 4 is 5.97 Å². The van der Waals surface area contributed by atoms with Crippen LogP contribution >= 0.6 is 0 Å². The molecule has 0 unspecified atom stereocenters. The van der Waals surface area contributed by atoms with Gasteiger partial charge in [-0.1, -0.05) is 42.5 Å². The Kier molecular flexibility index (Phi) is 7.06. The van der Waals surface area contributed by atoms with Crippen LogP contribution in [0, 0.1) is 5.92 Å². The van der Waals surface area contributed by atoms with E-state index in [2.05, 4.69) is 36.4 Å². The molecular weight excluding hydrogens is 356 g/mol.